The number of aromatic carboxylic acids is 1. The van der Waals surface area contributed by atoms with E-state index in [0.717, 1.165) is 30.6 Å². The number of rotatable bonds is 3. The third kappa shape index (κ3) is 1.45. The van der Waals surface area contributed by atoms with E-state index in [4.69, 9.17) is 0 Å². The van der Waals surface area contributed by atoms with Crippen LogP contribution < -0.4 is 0 Å². The van der Waals surface area contributed by atoms with Crippen molar-refractivity contribution in [2.24, 2.45) is 0 Å². The summed E-state index contributed by atoms with van der Waals surface area (Å²) in [6.07, 6.45) is 3.11. The van der Waals surface area contributed by atoms with Crippen LogP contribution in [0.5, 0.6) is 0 Å². The summed E-state index contributed by atoms with van der Waals surface area (Å²) < 4.78 is 2.23. The fraction of sp³-hybridized carbons (Fsp3) is 0.429. The SMILES string of the molecule is CCc1nc2c(C(=O)O)cccc2n1C1(C)CC1. The van der Waals surface area contributed by atoms with Gasteiger partial charge in [-0.3, -0.25) is 0 Å². The molecule has 0 aliphatic heterocycles. The van der Waals surface area contributed by atoms with Crippen LogP contribution >= 0.6 is 0 Å². The quantitative estimate of drug-likeness (QED) is 0.903. The first-order valence-corrected chi connectivity index (χ1v) is 6.31. The Labute approximate surface area is 105 Å². The molecular weight excluding hydrogens is 228 g/mol. The van der Waals surface area contributed by atoms with Crippen LogP contribution in [0.4, 0.5) is 0 Å². The number of hydrogen-bond donors (Lipinski definition) is 1. The molecule has 1 fully saturated rings. The topological polar surface area (TPSA) is 55.1 Å². The van der Waals surface area contributed by atoms with Gasteiger partial charge in [0, 0.05) is 12.0 Å². The van der Waals surface area contributed by atoms with Gasteiger partial charge in [-0.2, -0.15) is 0 Å². The molecule has 3 rings (SSSR count). The third-order valence-electron chi connectivity index (χ3n) is 3.81. The lowest BCUT2D eigenvalue weighted by molar-refractivity contribution is 0.0699. The standard InChI is InChI=1S/C14H16N2O2/c1-3-11-15-12-9(13(17)18)5-4-6-10(12)16(11)14(2)7-8-14/h4-6H,3,7-8H2,1-2H3,(H,17,18). The zero-order valence-electron chi connectivity index (χ0n) is 10.6. The molecule has 0 unspecified atom stereocenters. The lowest BCUT2D eigenvalue weighted by Crippen LogP contribution is -2.15. The van der Waals surface area contributed by atoms with Crippen molar-refractivity contribution in [1.29, 1.82) is 0 Å². The van der Waals surface area contributed by atoms with Crippen LogP contribution in [0.1, 0.15) is 42.9 Å². The summed E-state index contributed by atoms with van der Waals surface area (Å²) in [4.78, 5) is 15.8. The van der Waals surface area contributed by atoms with E-state index in [-0.39, 0.29) is 5.54 Å². The molecule has 1 saturated carbocycles. The van der Waals surface area contributed by atoms with Gasteiger partial charge in [0.1, 0.15) is 11.3 Å². The summed E-state index contributed by atoms with van der Waals surface area (Å²) in [5.41, 5.74) is 2.00. The minimum Gasteiger partial charge on any atom is -0.478 e. The molecular formula is C14H16N2O2. The van der Waals surface area contributed by atoms with E-state index in [0.29, 0.717) is 11.1 Å². The Morgan fingerprint density at radius 2 is 2.22 bits per heavy atom. The molecule has 2 aromatic rings. The molecule has 94 valence electrons. The second-order valence-corrected chi connectivity index (χ2v) is 5.19. The van der Waals surface area contributed by atoms with E-state index < -0.39 is 5.97 Å². The van der Waals surface area contributed by atoms with Crippen molar-refractivity contribution in [3.63, 3.8) is 0 Å². The number of carbonyl (C=O) groups is 1. The normalized spacial score (nSPS) is 17.0. The number of aromatic nitrogens is 2. The summed E-state index contributed by atoms with van der Waals surface area (Å²) in [6, 6.07) is 5.39. The molecule has 0 radical (unpaired) electrons. The molecule has 4 nitrogen and oxygen atoms in total. The molecule has 0 saturated heterocycles. The number of aryl methyl sites for hydroxylation is 1. The minimum atomic E-state index is -0.908. The van der Waals surface area contributed by atoms with Gasteiger partial charge in [0.05, 0.1) is 11.1 Å². The van der Waals surface area contributed by atoms with Crippen LogP contribution in [0, 0.1) is 0 Å². The first-order valence-electron chi connectivity index (χ1n) is 6.31. The van der Waals surface area contributed by atoms with E-state index in [1.165, 1.54) is 0 Å². The Morgan fingerprint density at radius 1 is 1.50 bits per heavy atom. The summed E-state index contributed by atoms with van der Waals surface area (Å²) >= 11 is 0. The predicted octanol–water partition coefficient (Wildman–Crippen LogP) is 2.81. The Balaban J connectivity index is 2.35. The first-order chi connectivity index (χ1) is 8.57. The fourth-order valence-electron chi connectivity index (χ4n) is 2.56. The Morgan fingerprint density at radius 3 is 2.78 bits per heavy atom. The lowest BCUT2D eigenvalue weighted by Gasteiger charge is -2.15. The molecule has 1 heterocycles. The van der Waals surface area contributed by atoms with Crippen LogP contribution in [-0.4, -0.2) is 20.6 Å². The van der Waals surface area contributed by atoms with Gasteiger partial charge >= 0.3 is 5.97 Å². The van der Waals surface area contributed by atoms with Crippen molar-refractivity contribution < 1.29 is 9.90 Å². The summed E-state index contributed by atoms with van der Waals surface area (Å²) in [6.45, 7) is 4.27. The summed E-state index contributed by atoms with van der Waals surface area (Å²) in [7, 11) is 0. The summed E-state index contributed by atoms with van der Waals surface area (Å²) in [5.74, 6) is 0.0764. The second kappa shape index (κ2) is 3.57. The van der Waals surface area contributed by atoms with Gasteiger partial charge in [0.15, 0.2) is 0 Å². The molecule has 1 N–H and O–H groups in total. The molecule has 0 bridgehead atoms. The van der Waals surface area contributed by atoms with Crippen LogP contribution in [0.15, 0.2) is 18.2 Å². The van der Waals surface area contributed by atoms with Crippen molar-refractivity contribution >= 4 is 17.0 Å². The maximum absolute atomic E-state index is 11.2. The van der Waals surface area contributed by atoms with E-state index in [2.05, 4.69) is 23.4 Å². The number of carboxylic acid groups (broad SMARTS) is 1. The highest BCUT2D eigenvalue weighted by atomic mass is 16.4. The smallest absolute Gasteiger partial charge is 0.337 e. The zero-order valence-corrected chi connectivity index (χ0v) is 10.6. The van der Waals surface area contributed by atoms with Gasteiger partial charge in [-0.25, -0.2) is 9.78 Å². The molecule has 1 aliphatic carbocycles. The summed E-state index contributed by atoms with van der Waals surface area (Å²) in [5, 5.41) is 9.22. The molecule has 1 aromatic carbocycles. The van der Waals surface area contributed by atoms with E-state index in [1.54, 1.807) is 12.1 Å². The number of imidazole rings is 1. The molecule has 0 amide bonds. The number of nitrogens with zero attached hydrogens (tertiary/aromatic N) is 2. The average Bonchev–Trinajstić information content (AvgIpc) is 2.96. The van der Waals surface area contributed by atoms with Crippen molar-refractivity contribution in [3.8, 4) is 0 Å². The van der Waals surface area contributed by atoms with Crippen LogP contribution in [0.25, 0.3) is 11.0 Å². The van der Waals surface area contributed by atoms with Crippen LogP contribution in [-0.2, 0) is 12.0 Å². The van der Waals surface area contributed by atoms with Gasteiger partial charge < -0.3 is 9.67 Å². The van der Waals surface area contributed by atoms with Crippen molar-refractivity contribution in [3.05, 3.63) is 29.6 Å². The van der Waals surface area contributed by atoms with E-state index in [1.807, 2.05) is 6.07 Å². The average molecular weight is 244 g/mol. The van der Waals surface area contributed by atoms with E-state index in [9.17, 15) is 9.90 Å². The number of fused-ring (bicyclic) bond motifs is 1. The van der Waals surface area contributed by atoms with Gasteiger partial charge in [-0.05, 0) is 31.9 Å². The third-order valence-corrected chi connectivity index (χ3v) is 3.81. The predicted molar refractivity (Wildman–Crippen MR) is 69.0 cm³/mol. The number of benzene rings is 1. The first kappa shape index (κ1) is 11.3. The number of carboxylic acids is 1. The zero-order chi connectivity index (χ0) is 12.9. The second-order valence-electron chi connectivity index (χ2n) is 5.19. The van der Waals surface area contributed by atoms with Gasteiger partial charge in [-0.1, -0.05) is 13.0 Å². The van der Waals surface area contributed by atoms with Crippen LogP contribution in [0.3, 0.4) is 0 Å². The molecule has 0 atom stereocenters. The fourth-order valence-corrected chi connectivity index (χ4v) is 2.56. The van der Waals surface area contributed by atoms with Gasteiger partial charge in [0.2, 0.25) is 0 Å². The minimum absolute atomic E-state index is 0.136. The highest BCUT2D eigenvalue weighted by Crippen LogP contribution is 2.45. The van der Waals surface area contributed by atoms with Crippen LogP contribution in [0.2, 0.25) is 0 Å². The maximum atomic E-state index is 11.2. The highest BCUT2D eigenvalue weighted by molar-refractivity contribution is 6.01. The Kier molecular flexibility index (Phi) is 2.24. The molecule has 1 aromatic heterocycles. The Bertz CT molecular complexity index is 639. The number of hydrogen-bond acceptors (Lipinski definition) is 2. The van der Waals surface area contributed by atoms with Crippen molar-refractivity contribution in [2.75, 3.05) is 0 Å². The Hall–Kier alpha value is -1.84. The van der Waals surface area contributed by atoms with Crippen molar-refractivity contribution in [2.45, 2.75) is 38.6 Å². The monoisotopic (exact) mass is 244 g/mol. The van der Waals surface area contributed by atoms with Crippen molar-refractivity contribution in [1.82, 2.24) is 9.55 Å². The molecule has 0 spiro atoms. The van der Waals surface area contributed by atoms with Gasteiger partial charge in [0.25, 0.3) is 0 Å². The molecule has 18 heavy (non-hydrogen) atoms. The highest BCUT2D eigenvalue weighted by Gasteiger charge is 2.41. The van der Waals surface area contributed by atoms with E-state index >= 15 is 0 Å². The lowest BCUT2D eigenvalue weighted by atomic mass is 10.2. The van der Waals surface area contributed by atoms with Gasteiger partial charge in [-0.15, -0.1) is 0 Å². The maximum Gasteiger partial charge on any atom is 0.337 e. The largest absolute Gasteiger partial charge is 0.478 e. The molecule has 1 aliphatic rings. The number of para-hydroxylation sites is 1. The molecule has 4 heteroatoms.